The fourth-order valence-corrected chi connectivity index (χ4v) is 1.54. The molecule has 100 valence electrons. The second-order valence-corrected chi connectivity index (χ2v) is 3.91. The van der Waals surface area contributed by atoms with Gasteiger partial charge >= 0.3 is 5.97 Å². The third kappa shape index (κ3) is 3.66. The highest BCUT2D eigenvalue weighted by atomic mass is 16.4. The molecule has 0 aliphatic carbocycles. The highest BCUT2D eigenvalue weighted by Crippen LogP contribution is 1.96. The molecule has 0 aliphatic rings. The lowest BCUT2D eigenvalue weighted by Gasteiger charge is -2.04. The highest BCUT2D eigenvalue weighted by molar-refractivity contribution is 5.84. The lowest BCUT2D eigenvalue weighted by Crippen LogP contribution is -2.28. The smallest absolute Gasteiger partial charge is 0.356 e. The second kappa shape index (κ2) is 5.80. The molecular weight excluding hydrogens is 250 g/mol. The predicted octanol–water partition coefficient (Wildman–Crippen LogP) is -0.337. The van der Waals surface area contributed by atoms with Crippen LogP contribution in [0.3, 0.4) is 0 Å². The molecule has 0 bridgehead atoms. The zero-order chi connectivity index (χ0) is 13.7. The van der Waals surface area contributed by atoms with Gasteiger partial charge in [0, 0.05) is 31.2 Å². The van der Waals surface area contributed by atoms with Gasteiger partial charge in [0.05, 0.1) is 12.7 Å². The first-order valence-electron chi connectivity index (χ1n) is 5.65. The van der Waals surface area contributed by atoms with Gasteiger partial charge in [0.1, 0.15) is 0 Å². The van der Waals surface area contributed by atoms with Gasteiger partial charge in [-0.1, -0.05) is 0 Å². The number of aromatic carboxylic acids is 1. The van der Waals surface area contributed by atoms with Gasteiger partial charge in [-0.25, -0.2) is 9.78 Å². The summed E-state index contributed by atoms with van der Waals surface area (Å²) < 4.78 is 1.61. The zero-order valence-corrected chi connectivity index (χ0v) is 10.0. The molecule has 0 saturated carbocycles. The van der Waals surface area contributed by atoms with Crippen LogP contribution in [0.4, 0.5) is 0 Å². The summed E-state index contributed by atoms with van der Waals surface area (Å²) in [5.74, 6) is -1.19. The Labute approximate surface area is 108 Å². The summed E-state index contributed by atoms with van der Waals surface area (Å²) in [6.45, 7) is 0.872. The molecule has 0 atom stereocenters. The van der Waals surface area contributed by atoms with E-state index in [2.05, 4.69) is 20.5 Å². The van der Waals surface area contributed by atoms with Crippen molar-refractivity contribution in [2.75, 3.05) is 6.54 Å². The lowest BCUT2D eigenvalue weighted by atomic mass is 10.3. The minimum Gasteiger partial charge on any atom is -0.476 e. The van der Waals surface area contributed by atoms with Crippen LogP contribution in [0, 0.1) is 0 Å². The Bertz CT molecular complexity index is 561. The van der Waals surface area contributed by atoms with Gasteiger partial charge in [-0.3, -0.25) is 9.89 Å². The van der Waals surface area contributed by atoms with E-state index in [9.17, 15) is 9.59 Å². The number of amides is 1. The fraction of sp³-hybridized carbons (Fsp3) is 0.273. The number of hydrogen-bond acceptors (Lipinski definition) is 4. The third-order valence-electron chi connectivity index (χ3n) is 2.45. The van der Waals surface area contributed by atoms with Gasteiger partial charge in [-0.05, 0) is 6.07 Å². The molecule has 0 spiro atoms. The SMILES string of the molecule is O=C(Cc1ccn[nH]1)NCCn1cnc(C(=O)O)c1. The minimum atomic E-state index is -1.07. The predicted molar refractivity (Wildman–Crippen MR) is 64.5 cm³/mol. The summed E-state index contributed by atoms with van der Waals surface area (Å²) in [6.07, 6.45) is 4.67. The van der Waals surface area contributed by atoms with Crippen LogP contribution >= 0.6 is 0 Å². The molecule has 0 fully saturated rings. The average molecular weight is 263 g/mol. The molecule has 2 rings (SSSR count). The number of nitrogens with one attached hydrogen (secondary N) is 2. The van der Waals surface area contributed by atoms with E-state index in [0.29, 0.717) is 13.1 Å². The van der Waals surface area contributed by atoms with Crippen molar-refractivity contribution in [1.29, 1.82) is 0 Å². The Kier molecular flexibility index (Phi) is 3.91. The highest BCUT2D eigenvalue weighted by Gasteiger charge is 2.07. The Morgan fingerprint density at radius 2 is 2.32 bits per heavy atom. The van der Waals surface area contributed by atoms with Crippen molar-refractivity contribution in [2.24, 2.45) is 0 Å². The standard InChI is InChI=1S/C11H13N5O3/c17-10(5-8-1-2-14-15-8)12-3-4-16-6-9(11(18)19)13-7-16/h1-2,6-7H,3-5H2,(H,12,17)(H,14,15)(H,18,19). The van der Waals surface area contributed by atoms with Gasteiger partial charge in [-0.2, -0.15) is 5.10 Å². The van der Waals surface area contributed by atoms with Crippen molar-refractivity contribution in [3.63, 3.8) is 0 Å². The molecule has 8 heteroatoms. The van der Waals surface area contributed by atoms with Crippen LogP contribution in [0.25, 0.3) is 0 Å². The molecule has 3 N–H and O–H groups in total. The van der Waals surface area contributed by atoms with E-state index in [1.807, 2.05) is 0 Å². The maximum Gasteiger partial charge on any atom is 0.356 e. The number of aromatic nitrogens is 4. The van der Waals surface area contributed by atoms with Gasteiger partial charge in [-0.15, -0.1) is 0 Å². The Morgan fingerprint density at radius 1 is 1.47 bits per heavy atom. The molecule has 2 aromatic rings. The van der Waals surface area contributed by atoms with E-state index in [1.54, 1.807) is 16.8 Å². The molecule has 0 aromatic carbocycles. The molecule has 2 aromatic heterocycles. The van der Waals surface area contributed by atoms with E-state index < -0.39 is 5.97 Å². The molecule has 0 unspecified atom stereocenters. The Morgan fingerprint density at radius 3 is 2.95 bits per heavy atom. The van der Waals surface area contributed by atoms with Crippen molar-refractivity contribution in [1.82, 2.24) is 25.1 Å². The molecule has 0 radical (unpaired) electrons. The zero-order valence-electron chi connectivity index (χ0n) is 10.0. The van der Waals surface area contributed by atoms with Gasteiger partial charge in [0.15, 0.2) is 5.69 Å². The van der Waals surface area contributed by atoms with Crippen LogP contribution in [0.5, 0.6) is 0 Å². The van der Waals surface area contributed by atoms with Crippen LogP contribution in [0.15, 0.2) is 24.8 Å². The number of imidazole rings is 1. The summed E-state index contributed by atoms with van der Waals surface area (Å²) in [5, 5.41) is 17.9. The minimum absolute atomic E-state index is 0.0104. The van der Waals surface area contributed by atoms with E-state index in [4.69, 9.17) is 5.11 Å². The maximum absolute atomic E-state index is 11.5. The molecule has 8 nitrogen and oxygen atoms in total. The first kappa shape index (κ1) is 12.8. The number of carboxylic acid groups (broad SMARTS) is 1. The first-order chi connectivity index (χ1) is 9.15. The van der Waals surface area contributed by atoms with Crippen molar-refractivity contribution in [2.45, 2.75) is 13.0 Å². The van der Waals surface area contributed by atoms with Gasteiger partial charge in [0.25, 0.3) is 0 Å². The van der Waals surface area contributed by atoms with Crippen LogP contribution in [-0.4, -0.2) is 43.3 Å². The molecule has 1 amide bonds. The average Bonchev–Trinajstić information content (AvgIpc) is 3.00. The van der Waals surface area contributed by atoms with Crippen molar-refractivity contribution < 1.29 is 14.7 Å². The van der Waals surface area contributed by atoms with Gasteiger partial charge < -0.3 is 15.0 Å². The molecular formula is C11H13N5O3. The number of nitrogens with zero attached hydrogens (tertiary/aromatic N) is 3. The van der Waals surface area contributed by atoms with E-state index in [0.717, 1.165) is 5.69 Å². The van der Waals surface area contributed by atoms with E-state index in [-0.39, 0.29) is 18.0 Å². The van der Waals surface area contributed by atoms with E-state index >= 15 is 0 Å². The number of carboxylic acids is 1. The molecule has 19 heavy (non-hydrogen) atoms. The number of H-pyrrole nitrogens is 1. The quantitative estimate of drug-likeness (QED) is 0.660. The number of rotatable bonds is 6. The fourth-order valence-electron chi connectivity index (χ4n) is 1.54. The monoisotopic (exact) mass is 263 g/mol. The summed E-state index contributed by atoms with van der Waals surface area (Å²) >= 11 is 0. The van der Waals surface area contributed by atoms with Crippen LogP contribution in [0.1, 0.15) is 16.2 Å². The summed E-state index contributed by atoms with van der Waals surface area (Å²) in [6, 6.07) is 1.73. The number of hydrogen-bond donors (Lipinski definition) is 3. The van der Waals surface area contributed by atoms with Crippen molar-refractivity contribution in [3.05, 3.63) is 36.2 Å². The molecule has 0 aliphatic heterocycles. The topological polar surface area (TPSA) is 113 Å². The van der Waals surface area contributed by atoms with Crippen LogP contribution < -0.4 is 5.32 Å². The summed E-state index contributed by atoms with van der Waals surface area (Å²) in [7, 11) is 0. The Hall–Kier alpha value is -2.64. The summed E-state index contributed by atoms with van der Waals surface area (Å²) in [4.78, 5) is 25.9. The van der Waals surface area contributed by atoms with Crippen molar-refractivity contribution >= 4 is 11.9 Å². The lowest BCUT2D eigenvalue weighted by molar-refractivity contribution is -0.120. The van der Waals surface area contributed by atoms with Crippen LogP contribution in [-0.2, 0) is 17.8 Å². The van der Waals surface area contributed by atoms with Gasteiger partial charge in [0.2, 0.25) is 5.91 Å². The molecule has 0 saturated heterocycles. The largest absolute Gasteiger partial charge is 0.476 e. The second-order valence-electron chi connectivity index (χ2n) is 3.91. The number of carbonyl (C=O) groups excluding carboxylic acids is 1. The first-order valence-corrected chi connectivity index (χ1v) is 5.65. The third-order valence-corrected chi connectivity index (χ3v) is 2.45. The molecule has 2 heterocycles. The van der Waals surface area contributed by atoms with Crippen molar-refractivity contribution in [3.8, 4) is 0 Å². The van der Waals surface area contributed by atoms with Crippen LogP contribution in [0.2, 0.25) is 0 Å². The Balaban J connectivity index is 1.73. The normalized spacial score (nSPS) is 10.3. The maximum atomic E-state index is 11.5. The summed E-state index contributed by atoms with van der Waals surface area (Å²) in [5.41, 5.74) is 0.733. The number of aromatic amines is 1. The van der Waals surface area contributed by atoms with E-state index in [1.165, 1.54) is 12.5 Å². The number of carbonyl (C=O) groups is 2.